The van der Waals surface area contributed by atoms with Crippen LogP contribution in [0.1, 0.15) is 45.2 Å². The number of carbonyl (C=O) groups excluding carboxylic acids is 1. The predicted octanol–water partition coefficient (Wildman–Crippen LogP) is 4.94. The van der Waals surface area contributed by atoms with Gasteiger partial charge in [0.2, 0.25) is 0 Å². The lowest BCUT2D eigenvalue weighted by atomic mass is 10.0. The smallest absolute Gasteiger partial charge is 0.256 e. The van der Waals surface area contributed by atoms with Crippen molar-refractivity contribution in [3.8, 4) is 11.3 Å². The first-order chi connectivity index (χ1) is 16.6. The Morgan fingerprint density at radius 3 is 2.40 bits per heavy atom. The Balaban J connectivity index is 1.69. The molecule has 8 heteroatoms. The largest absolute Gasteiger partial charge is 0.322 e. The second-order valence-corrected chi connectivity index (χ2v) is 11.7. The number of carbonyl (C=O) groups is 1. The van der Waals surface area contributed by atoms with Gasteiger partial charge in [0.25, 0.3) is 5.91 Å². The number of pyridine rings is 1. The van der Waals surface area contributed by atoms with Crippen molar-refractivity contribution in [1.29, 1.82) is 0 Å². The second kappa shape index (κ2) is 8.61. The number of aromatic nitrogens is 3. The van der Waals surface area contributed by atoms with Crippen molar-refractivity contribution in [2.75, 3.05) is 16.8 Å². The summed E-state index contributed by atoms with van der Waals surface area (Å²) in [4.78, 5) is 18.5. The molecule has 1 unspecified atom stereocenters. The third-order valence-corrected chi connectivity index (χ3v) is 8.37. The molecule has 2 aromatic carbocycles. The molecule has 1 amide bonds. The summed E-state index contributed by atoms with van der Waals surface area (Å²) in [6.45, 7) is 7.80. The van der Waals surface area contributed by atoms with Crippen LogP contribution in [-0.4, -0.2) is 40.6 Å². The first-order valence-electron chi connectivity index (χ1n) is 11.7. The lowest BCUT2D eigenvalue weighted by Crippen LogP contribution is -2.15. The molecular weight excluding hydrogens is 460 g/mol. The molecule has 1 saturated heterocycles. The van der Waals surface area contributed by atoms with Gasteiger partial charge in [0, 0.05) is 11.3 Å². The van der Waals surface area contributed by atoms with Gasteiger partial charge in [-0.05, 0) is 57.4 Å². The summed E-state index contributed by atoms with van der Waals surface area (Å²) in [6.07, 6.45) is 0.485. The molecule has 0 saturated carbocycles. The van der Waals surface area contributed by atoms with Crippen LogP contribution in [0.2, 0.25) is 0 Å². The predicted molar refractivity (Wildman–Crippen MR) is 139 cm³/mol. The molecule has 2 aromatic heterocycles. The zero-order valence-electron chi connectivity index (χ0n) is 20.3. The van der Waals surface area contributed by atoms with Crippen LogP contribution in [0.15, 0.2) is 48.5 Å². The SMILES string of the molecule is Cc1ccc(-c2cc(C(=O)Nc3cc(C)ccc3C)c3c(C)nn(C4CCS(=O)(=O)C4)c3n2)cc1. The highest BCUT2D eigenvalue weighted by atomic mass is 32.2. The summed E-state index contributed by atoms with van der Waals surface area (Å²) < 4.78 is 26.1. The first-order valence-corrected chi connectivity index (χ1v) is 13.5. The van der Waals surface area contributed by atoms with Gasteiger partial charge in [-0.1, -0.05) is 42.0 Å². The number of sulfone groups is 1. The van der Waals surface area contributed by atoms with Gasteiger partial charge >= 0.3 is 0 Å². The van der Waals surface area contributed by atoms with Crippen LogP contribution in [0.5, 0.6) is 0 Å². The molecule has 4 aromatic rings. The van der Waals surface area contributed by atoms with Crippen LogP contribution in [0.25, 0.3) is 22.3 Å². The van der Waals surface area contributed by atoms with E-state index in [4.69, 9.17) is 4.98 Å². The molecule has 3 heterocycles. The van der Waals surface area contributed by atoms with Crippen molar-refractivity contribution >= 4 is 32.5 Å². The second-order valence-electron chi connectivity index (χ2n) is 9.48. The highest BCUT2D eigenvalue weighted by Gasteiger charge is 2.32. The lowest BCUT2D eigenvalue weighted by molar-refractivity contribution is 0.102. The number of fused-ring (bicyclic) bond motifs is 1. The number of rotatable bonds is 4. The quantitative estimate of drug-likeness (QED) is 0.439. The molecule has 5 rings (SSSR count). The van der Waals surface area contributed by atoms with E-state index in [2.05, 4.69) is 10.4 Å². The molecule has 1 aliphatic heterocycles. The average molecular weight is 489 g/mol. The van der Waals surface area contributed by atoms with E-state index in [1.165, 1.54) is 0 Å². The molecule has 0 spiro atoms. The summed E-state index contributed by atoms with van der Waals surface area (Å²) in [5.41, 5.74) is 7.08. The van der Waals surface area contributed by atoms with Gasteiger partial charge in [-0.25, -0.2) is 18.1 Å². The number of nitrogens with zero attached hydrogens (tertiary/aromatic N) is 3. The summed E-state index contributed by atoms with van der Waals surface area (Å²) in [5.74, 6) is -0.0829. The van der Waals surface area contributed by atoms with Crippen molar-refractivity contribution in [3.05, 3.63) is 76.5 Å². The monoisotopic (exact) mass is 488 g/mol. The van der Waals surface area contributed by atoms with E-state index in [1.807, 2.05) is 70.2 Å². The molecule has 1 fully saturated rings. The fourth-order valence-corrected chi connectivity index (χ4v) is 6.34. The van der Waals surface area contributed by atoms with Gasteiger partial charge in [0.15, 0.2) is 15.5 Å². The minimum atomic E-state index is -3.11. The van der Waals surface area contributed by atoms with Crippen molar-refractivity contribution in [2.24, 2.45) is 0 Å². The number of hydrogen-bond donors (Lipinski definition) is 1. The van der Waals surface area contributed by atoms with Gasteiger partial charge in [-0.2, -0.15) is 5.10 Å². The zero-order valence-corrected chi connectivity index (χ0v) is 21.1. The Hall–Kier alpha value is -3.52. The molecule has 0 bridgehead atoms. The van der Waals surface area contributed by atoms with E-state index in [0.29, 0.717) is 34.4 Å². The molecule has 1 aliphatic rings. The van der Waals surface area contributed by atoms with Crippen LogP contribution in [0.3, 0.4) is 0 Å². The highest BCUT2D eigenvalue weighted by molar-refractivity contribution is 7.91. The van der Waals surface area contributed by atoms with E-state index >= 15 is 0 Å². The van der Waals surface area contributed by atoms with Gasteiger partial charge < -0.3 is 5.32 Å². The summed E-state index contributed by atoms with van der Waals surface area (Å²) in [6, 6.07) is 15.4. The van der Waals surface area contributed by atoms with Gasteiger partial charge in [-0.3, -0.25) is 4.79 Å². The van der Waals surface area contributed by atoms with E-state index in [1.54, 1.807) is 10.7 Å². The lowest BCUT2D eigenvalue weighted by Gasteiger charge is -2.13. The van der Waals surface area contributed by atoms with E-state index in [-0.39, 0.29) is 23.5 Å². The van der Waals surface area contributed by atoms with Gasteiger partial charge in [0.05, 0.1) is 39.9 Å². The molecule has 180 valence electrons. The average Bonchev–Trinajstić information content (AvgIpc) is 3.35. The number of amides is 1. The number of anilines is 1. The van der Waals surface area contributed by atoms with Crippen LogP contribution < -0.4 is 5.32 Å². The topological polar surface area (TPSA) is 94.0 Å². The number of benzene rings is 2. The maximum absolute atomic E-state index is 13.6. The van der Waals surface area contributed by atoms with Crippen molar-refractivity contribution in [1.82, 2.24) is 14.8 Å². The van der Waals surface area contributed by atoms with E-state index < -0.39 is 9.84 Å². The minimum absolute atomic E-state index is 0.0314. The van der Waals surface area contributed by atoms with Gasteiger partial charge in [0.1, 0.15) is 0 Å². The summed E-state index contributed by atoms with van der Waals surface area (Å²) >= 11 is 0. The standard InChI is InChI=1S/C27H28N4O3S/c1-16-6-9-20(10-7-16)24-14-22(27(32)29-23-13-17(2)5-8-18(23)3)25-19(4)30-31(26(25)28-24)21-11-12-35(33,34)15-21/h5-10,13-14,21H,11-12,15H2,1-4H3,(H,29,32). The Bertz CT molecular complexity index is 1570. The molecule has 0 aliphatic carbocycles. The highest BCUT2D eigenvalue weighted by Crippen LogP contribution is 2.32. The molecule has 7 nitrogen and oxygen atoms in total. The Kier molecular flexibility index (Phi) is 5.71. The van der Waals surface area contributed by atoms with E-state index in [9.17, 15) is 13.2 Å². The molecule has 35 heavy (non-hydrogen) atoms. The Labute approximate surface area is 205 Å². The number of aryl methyl sites for hydroxylation is 4. The van der Waals surface area contributed by atoms with Crippen LogP contribution in [-0.2, 0) is 9.84 Å². The third-order valence-electron chi connectivity index (χ3n) is 6.62. The first kappa shape index (κ1) is 23.2. The fourth-order valence-electron chi connectivity index (χ4n) is 4.65. The minimum Gasteiger partial charge on any atom is -0.322 e. The van der Waals surface area contributed by atoms with E-state index in [0.717, 1.165) is 27.9 Å². The van der Waals surface area contributed by atoms with Crippen molar-refractivity contribution < 1.29 is 13.2 Å². The molecule has 1 N–H and O–H groups in total. The fraction of sp³-hybridized carbons (Fsp3) is 0.296. The van der Waals surface area contributed by atoms with Gasteiger partial charge in [-0.15, -0.1) is 0 Å². The third kappa shape index (κ3) is 4.46. The normalized spacial score (nSPS) is 17.1. The molecular formula is C27H28N4O3S. The summed E-state index contributed by atoms with van der Waals surface area (Å²) in [7, 11) is -3.11. The van der Waals surface area contributed by atoms with Crippen LogP contribution >= 0.6 is 0 Å². The zero-order chi connectivity index (χ0) is 24.9. The number of hydrogen-bond acceptors (Lipinski definition) is 5. The van der Waals surface area contributed by atoms with Crippen molar-refractivity contribution in [3.63, 3.8) is 0 Å². The number of nitrogens with one attached hydrogen (secondary N) is 1. The van der Waals surface area contributed by atoms with Crippen LogP contribution in [0.4, 0.5) is 5.69 Å². The Morgan fingerprint density at radius 2 is 1.71 bits per heavy atom. The maximum atomic E-state index is 13.6. The van der Waals surface area contributed by atoms with Crippen LogP contribution in [0, 0.1) is 27.7 Å². The Morgan fingerprint density at radius 1 is 1.00 bits per heavy atom. The maximum Gasteiger partial charge on any atom is 0.256 e. The molecule has 0 radical (unpaired) electrons. The summed E-state index contributed by atoms with van der Waals surface area (Å²) in [5, 5.41) is 8.39. The molecule has 1 atom stereocenters. The van der Waals surface area contributed by atoms with Crippen molar-refractivity contribution in [2.45, 2.75) is 40.2 Å².